The Morgan fingerprint density at radius 2 is 2.03 bits per heavy atom. The van der Waals surface area contributed by atoms with Crippen LogP contribution in [0, 0.1) is 17.8 Å². The molecule has 0 saturated carbocycles. The standard InChI is InChI=1S/C21H28ClN3O3S/c1-23(24-14-17-7-4-8-18(17)15-24)21(26)12-16-6-5-11-25(13-16)29(27,28)20-10-3-2-9-19(20)22/h2-4,7,9-10,16-18H,5-6,8,11-15H2,1H3. The van der Waals surface area contributed by atoms with Gasteiger partial charge in [-0.25, -0.2) is 13.4 Å². The van der Waals surface area contributed by atoms with Crippen molar-refractivity contribution in [3.63, 3.8) is 0 Å². The zero-order valence-corrected chi connectivity index (χ0v) is 18.3. The summed E-state index contributed by atoms with van der Waals surface area (Å²) >= 11 is 6.13. The number of benzene rings is 1. The van der Waals surface area contributed by atoms with E-state index < -0.39 is 10.0 Å². The van der Waals surface area contributed by atoms with Crippen molar-refractivity contribution < 1.29 is 13.2 Å². The van der Waals surface area contributed by atoms with Gasteiger partial charge in [0.1, 0.15) is 4.90 Å². The number of hydrazine groups is 1. The molecule has 158 valence electrons. The van der Waals surface area contributed by atoms with E-state index in [4.69, 9.17) is 11.6 Å². The van der Waals surface area contributed by atoms with Gasteiger partial charge in [0.15, 0.2) is 0 Å². The largest absolute Gasteiger partial charge is 0.278 e. The van der Waals surface area contributed by atoms with Crippen LogP contribution in [0.2, 0.25) is 5.02 Å². The maximum atomic E-state index is 13.0. The Labute approximate surface area is 178 Å². The van der Waals surface area contributed by atoms with Crippen molar-refractivity contribution in [3.8, 4) is 0 Å². The first-order valence-corrected chi connectivity index (χ1v) is 12.1. The summed E-state index contributed by atoms with van der Waals surface area (Å²) in [6.07, 6.45) is 7.59. The van der Waals surface area contributed by atoms with Crippen LogP contribution in [0.4, 0.5) is 0 Å². The van der Waals surface area contributed by atoms with Gasteiger partial charge >= 0.3 is 0 Å². The van der Waals surface area contributed by atoms with E-state index in [1.165, 1.54) is 4.31 Å². The third-order valence-corrected chi connectivity index (χ3v) is 8.84. The predicted octanol–water partition coefficient (Wildman–Crippen LogP) is 3.01. The molecule has 0 N–H and O–H groups in total. The molecule has 2 fully saturated rings. The van der Waals surface area contributed by atoms with E-state index in [1.54, 1.807) is 29.3 Å². The summed E-state index contributed by atoms with van der Waals surface area (Å²) in [5.74, 6) is 1.27. The number of fused-ring (bicyclic) bond motifs is 1. The first-order chi connectivity index (χ1) is 13.9. The maximum absolute atomic E-state index is 13.0. The van der Waals surface area contributed by atoms with Crippen LogP contribution in [0.1, 0.15) is 25.7 Å². The molecule has 3 atom stereocenters. The van der Waals surface area contributed by atoms with Crippen molar-refractivity contribution in [2.24, 2.45) is 17.8 Å². The van der Waals surface area contributed by atoms with Gasteiger partial charge in [-0.3, -0.25) is 9.80 Å². The van der Waals surface area contributed by atoms with Crippen LogP contribution in [0.25, 0.3) is 0 Å². The molecule has 3 aliphatic rings. The SMILES string of the molecule is CN(C(=O)CC1CCCN(S(=O)(=O)c2ccccc2Cl)C1)N1CC2C=CCC2C1. The minimum absolute atomic E-state index is 0.0259. The number of carbonyl (C=O) groups is 1. The van der Waals surface area contributed by atoms with Crippen molar-refractivity contribution in [2.45, 2.75) is 30.6 Å². The number of rotatable bonds is 5. The first kappa shape index (κ1) is 20.8. The van der Waals surface area contributed by atoms with Gasteiger partial charge in [0, 0.05) is 39.6 Å². The Balaban J connectivity index is 1.38. The quantitative estimate of drug-likeness (QED) is 0.664. The molecule has 0 aromatic heterocycles. The zero-order valence-electron chi connectivity index (χ0n) is 16.7. The molecule has 2 saturated heterocycles. The van der Waals surface area contributed by atoms with Gasteiger partial charge < -0.3 is 0 Å². The zero-order chi connectivity index (χ0) is 20.6. The first-order valence-electron chi connectivity index (χ1n) is 10.3. The van der Waals surface area contributed by atoms with Gasteiger partial charge in [-0.2, -0.15) is 4.31 Å². The van der Waals surface area contributed by atoms with E-state index in [9.17, 15) is 13.2 Å². The molecule has 1 aromatic carbocycles. The van der Waals surface area contributed by atoms with Gasteiger partial charge in [-0.1, -0.05) is 35.9 Å². The van der Waals surface area contributed by atoms with E-state index in [2.05, 4.69) is 17.2 Å². The molecule has 1 aliphatic carbocycles. The topological polar surface area (TPSA) is 60.9 Å². The molecule has 2 aliphatic heterocycles. The summed E-state index contributed by atoms with van der Waals surface area (Å²) in [5, 5.41) is 4.13. The van der Waals surface area contributed by atoms with Crippen LogP contribution >= 0.6 is 11.6 Å². The molecule has 0 bridgehead atoms. The number of halogens is 1. The number of allylic oxidation sites excluding steroid dienone is 1. The second-order valence-electron chi connectivity index (χ2n) is 8.38. The smallest absolute Gasteiger partial charge is 0.244 e. The highest BCUT2D eigenvalue weighted by molar-refractivity contribution is 7.89. The molecule has 2 heterocycles. The summed E-state index contributed by atoms with van der Waals surface area (Å²) in [7, 11) is -1.81. The third-order valence-electron chi connectivity index (χ3n) is 6.48. The molecule has 0 radical (unpaired) electrons. The van der Waals surface area contributed by atoms with Crippen molar-refractivity contribution in [1.29, 1.82) is 0 Å². The van der Waals surface area contributed by atoms with Crippen LogP contribution in [0.3, 0.4) is 0 Å². The Kier molecular flexibility index (Phi) is 6.02. The van der Waals surface area contributed by atoms with Crippen molar-refractivity contribution in [1.82, 2.24) is 14.3 Å². The molecule has 8 heteroatoms. The van der Waals surface area contributed by atoms with Crippen molar-refractivity contribution >= 4 is 27.5 Å². The highest BCUT2D eigenvalue weighted by Crippen LogP contribution is 2.34. The number of carbonyl (C=O) groups excluding carboxylic acids is 1. The fourth-order valence-corrected chi connectivity index (χ4v) is 6.80. The van der Waals surface area contributed by atoms with Crippen LogP contribution < -0.4 is 0 Å². The van der Waals surface area contributed by atoms with Crippen LogP contribution in [0.15, 0.2) is 41.3 Å². The van der Waals surface area contributed by atoms with Crippen LogP contribution in [-0.2, 0) is 14.8 Å². The minimum Gasteiger partial charge on any atom is -0.278 e. The average molecular weight is 438 g/mol. The summed E-state index contributed by atoms with van der Waals surface area (Å²) in [5.41, 5.74) is 0. The monoisotopic (exact) mass is 437 g/mol. The lowest BCUT2D eigenvalue weighted by atomic mass is 9.96. The second-order valence-corrected chi connectivity index (χ2v) is 10.7. The number of amides is 1. The number of piperidine rings is 1. The molecule has 1 aromatic rings. The van der Waals surface area contributed by atoms with Crippen LogP contribution in [0.5, 0.6) is 0 Å². The second kappa shape index (κ2) is 8.38. The number of nitrogens with zero attached hydrogens (tertiary/aromatic N) is 3. The lowest BCUT2D eigenvalue weighted by molar-refractivity contribution is -0.145. The van der Waals surface area contributed by atoms with Gasteiger partial charge in [0.2, 0.25) is 15.9 Å². The maximum Gasteiger partial charge on any atom is 0.244 e. The minimum atomic E-state index is -3.65. The van der Waals surface area contributed by atoms with E-state index in [1.807, 2.05) is 7.05 Å². The third kappa shape index (κ3) is 4.24. The van der Waals surface area contributed by atoms with Gasteiger partial charge in [0.25, 0.3) is 0 Å². The molecular weight excluding hydrogens is 410 g/mol. The lowest BCUT2D eigenvalue weighted by Crippen LogP contribution is -2.45. The highest BCUT2D eigenvalue weighted by atomic mass is 35.5. The molecule has 29 heavy (non-hydrogen) atoms. The Bertz CT molecular complexity index is 904. The number of sulfonamides is 1. The van der Waals surface area contributed by atoms with Gasteiger partial charge in [0.05, 0.1) is 5.02 Å². The number of hydrogen-bond donors (Lipinski definition) is 0. The summed E-state index contributed by atoms with van der Waals surface area (Å²) in [4.78, 5) is 13.0. The van der Waals surface area contributed by atoms with E-state index in [0.29, 0.717) is 31.3 Å². The molecule has 1 amide bonds. The highest BCUT2D eigenvalue weighted by Gasteiger charge is 2.37. The normalized spacial score (nSPS) is 27.9. The molecule has 6 nitrogen and oxygen atoms in total. The fraction of sp³-hybridized carbons (Fsp3) is 0.571. The Morgan fingerprint density at radius 3 is 2.79 bits per heavy atom. The predicted molar refractivity (Wildman–Crippen MR) is 113 cm³/mol. The fourth-order valence-electron chi connectivity index (χ4n) is 4.76. The van der Waals surface area contributed by atoms with Gasteiger partial charge in [-0.15, -0.1) is 0 Å². The molecule has 4 rings (SSSR count). The van der Waals surface area contributed by atoms with Gasteiger partial charge in [-0.05, 0) is 49.1 Å². The molecule has 0 spiro atoms. The Hall–Kier alpha value is -1.41. The van der Waals surface area contributed by atoms with Crippen LogP contribution in [-0.4, -0.2) is 61.9 Å². The lowest BCUT2D eigenvalue weighted by Gasteiger charge is -2.34. The van der Waals surface area contributed by atoms with E-state index in [-0.39, 0.29) is 21.7 Å². The molecular formula is C21H28ClN3O3S. The van der Waals surface area contributed by atoms with Crippen molar-refractivity contribution in [2.75, 3.05) is 33.2 Å². The van der Waals surface area contributed by atoms with Crippen molar-refractivity contribution in [3.05, 3.63) is 41.4 Å². The van der Waals surface area contributed by atoms with E-state index in [0.717, 1.165) is 32.4 Å². The van der Waals surface area contributed by atoms with E-state index >= 15 is 0 Å². The molecule has 3 unspecified atom stereocenters. The Morgan fingerprint density at radius 1 is 1.24 bits per heavy atom. The average Bonchev–Trinajstić information content (AvgIpc) is 3.30. The summed E-state index contributed by atoms with van der Waals surface area (Å²) in [6, 6.07) is 6.53. The summed E-state index contributed by atoms with van der Waals surface area (Å²) in [6.45, 7) is 2.63. The number of hydrogen-bond acceptors (Lipinski definition) is 4. The summed E-state index contributed by atoms with van der Waals surface area (Å²) < 4.78 is 27.5.